The quantitative estimate of drug-likeness (QED) is 0.399. The highest BCUT2D eigenvalue weighted by Gasteiger charge is 2.44. The highest BCUT2D eigenvalue weighted by Crippen LogP contribution is 2.47. The molecule has 0 aromatic heterocycles. The van der Waals surface area contributed by atoms with Gasteiger partial charge in [-0.25, -0.2) is 13.1 Å². The van der Waals surface area contributed by atoms with E-state index in [4.69, 9.17) is 21.1 Å². The molecule has 5 aliphatic rings. The number of sulfonamides is 1. The smallest absolute Gasteiger partial charge is 0.264 e. The number of benzene rings is 2. The van der Waals surface area contributed by atoms with Gasteiger partial charge in [0.2, 0.25) is 10.0 Å². The third kappa shape index (κ3) is 6.70. The average Bonchev–Trinajstić information content (AvgIpc) is 3.19. The van der Waals surface area contributed by atoms with Crippen LogP contribution in [0, 0.1) is 23.7 Å². The van der Waals surface area contributed by atoms with Crippen molar-refractivity contribution in [3.8, 4) is 5.75 Å². The van der Waals surface area contributed by atoms with E-state index in [1.54, 1.807) is 13.0 Å². The van der Waals surface area contributed by atoms with Gasteiger partial charge < -0.3 is 14.4 Å². The Bertz CT molecular complexity index is 1630. The summed E-state index contributed by atoms with van der Waals surface area (Å²) in [4.78, 5) is 18.5. The molecule has 3 aliphatic heterocycles. The lowest BCUT2D eigenvalue weighted by atomic mass is 9.65. The molecule has 1 N–H and O–H groups in total. The Hall–Kier alpha value is -2.59. The van der Waals surface area contributed by atoms with E-state index in [1.807, 2.05) is 25.1 Å². The maximum atomic E-state index is 13.5. The number of ether oxygens (including phenoxy) is 2. The number of carbonyl (C=O) groups excluding carboxylic acids is 1. The summed E-state index contributed by atoms with van der Waals surface area (Å²) in [6.45, 7) is 10.2. The Kier molecular flexibility index (Phi) is 9.37. The van der Waals surface area contributed by atoms with E-state index in [9.17, 15) is 13.2 Å². The molecular weight excluding hydrogens is 634 g/mol. The fourth-order valence-corrected chi connectivity index (χ4v) is 10.1. The molecule has 3 heterocycles. The van der Waals surface area contributed by atoms with Crippen molar-refractivity contribution in [3.05, 3.63) is 70.3 Å². The molecule has 2 aromatic carbocycles. The minimum Gasteiger partial charge on any atom is -0.490 e. The minimum atomic E-state index is -3.89. The van der Waals surface area contributed by atoms with Gasteiger partial charge >= 0.3 is 0 Å². The zero-order chi connectivity index (χ0) is 32.8. The maximum Gasteiger partial charge on any atom is 0.264 e. The number of aryl methyl sites for hydroxylation is 1. The topological polar surface area (TPSA) is 88.2 Å². The van der Waals surface area contributed by atoms with Crippen molar-refractivity contribution in [2.75, 3.05) is 57.4 Å². The monoisotopic (exact) mass is 681 g/mol. The fraction of sp³-hybridized carbons (Fsp3) is 0.595. The summed E-state index contributed by atoms with van der Waals surface area (Å²) < 4.78 is 41.5. The van der Waals surface area contributed by atoms with Crippen LogP contribution >= 0.6 is 11.6 Å². The maximum absolute atomic E-state index is 13.5. The predicted molar refractivity (Wildman–Crippen MR) is 186 cm³/mol. The zero-order valence-corrected chi connectivity index (χ0v) is 29.2. The van der Waals surface area contributed by atoms with E-state index in [-0.39, 0.29) is 11.3 Å². The standard InChI is InChI=1S/C37H48ClN3O5S/c1-25-5-3-6-29(21-40-15-17-45-18-16-40)32-11-8-30(32)22-41-23-37(14-4-7-27-19-31(38)10-12-33(27)37)24-46-35-13-9-28(20-34(35)41)36(42)39-47(43,44)26(25)2/h3,6,9-10,12-13,19-20,25-26,29-30,32H,4-5,7-8,11,14-18,21-24H2,1-2H3,(H,39,42)/b6-3+/t25-,26+,29+,30-,32-,37-/m0/s1. The Morgan fingerprint density at radius 1 is 1.09 bits per heavy atom. The third-order valence-electron chi connectivity index (χ3n) is 11.8. The molecule has 1 saturated heterocycles. The number of fused-ring (bicyclic) bond motifs is 4. The molecule has 8 nitrogen and oxygen atoms in total. The lowest BCUT2D eigenvalue weighted by molar-refractivity contribution is 0.0190. The molecular formula is C37H48ClN3O5S. The van der Waals surface area contributed by atoms with Crippen LogP contribution in [-0.4, -0.2) is 77.0 Å². The minimum absolute atomic E-state index is 0.147. The number of hydrogen-bond donors (Lipinski definition) is 1. The van der Waals surface area contributed by atoms with Gasteiger partial charge in [0, 0.05) is 48.7 Å². The number of halogens is 1. The zero-order valence-electron chi connectivity index (χ0n) is 27.6. The second kappa shape index (κ2) is 13.4. The molecule has 6 atom stereocenters. The van der Waals surface area contributed by atoms with Crippen molar-refractivity contribution in [3.63, 3.8) is 0 Å². The molecule has 7 rings (SSSR count). The van der Waals surface area contributed by atoms with E-state index in [0.29, 0.717) is 36.3 Å². The molecule has 2 bridgehead atoms. The van der Waals surface area contributed by atoms with Crippen molar-refractivity contribution in [2.24, 2.45) is 23.7 Å². The first-order chi connectivity index (χ1) is 22.6. The molecule has 1 saturated carbocycles. The van der Waals surface area contributed by atoms with Crippen LogP contribution in [0.3, 0.4) is 0 Å². The summed E-state index contributed by atoms with van der Waals surface area (Å²) in [6.07, 6.45) is 10.6. The van der Waals surface area contributed by atoms with E-state index in [2.05, 4.69) is 38.8 Å². The summed E-state index contributed by atoms with van der Waals surface area (Å²) >= 11 is 6.46. The first-order valence-corrected chi connectivity index (χ1v) is 19.4. The number of rotatable bonds is 2. The van der Waals surface area contributed by atoms with Gasteiger partial charge in [-0.05, 0) is 111 Å². The van der Waals surface area contributed by atoms with Crippen molar-refractivity contribution in [1.82, 2.24) is 9.62 Å². The van der Waals surface area contributed by atoms with Gasteiger partial charge in [0.25, 0.3) is 5.91 Å². The van der Waals surface area contributed by atoms with Gasteiger partial charge in [-0.1, -0.05) is 36.7 Å². The van der Waals surface area contributed by atoms with Crippen molar-refractivity contribution in [1.29, 1.82) is 0 Å². The van der Waals surface area contributed by atoms with Gasteiger partial charge in [-0.2, -0.15) is 0 Å². The van der Waals surface area contributed by atoms with Crippen molar-refractivity contribution < 1.29 is 22.7 Å². The average molecular weight is 682 g/mol. The van der Waals surface area contributed by atoms with Crippen LogP contribution in [0.2, 0.25) is 5.02 Å². The first kappa shape index (κ1) is 32.9. The first-order valence-electron chi connectivity index (χ1n) is 17.5. The third-order valence-corrected chi connectivity index (χ3v) is 13.9. The fourth-order valence-electron chi connectivity index (χ4n) is 8.59. The molecule has 2 fully saturated rings. The second-order valence-corrected chi connectivity index (χ2v) is 17.2. The molecule has 1 spiro atoms. The van der Waals surface area contributed by atoms with Gasteiger partial charge in [-0.3, -0.25) is 9.69 Å². The van der Waals surface area contributed by atoms with Crippen LogP contribution in [0.15, 0.2) is 48.6 Å². The lowest BCUT2D eigenvalue weighted by Crippen LogP contribution is -2.50. The second-order valence-electron chi connectivity index (χ2n) is 14.7. The van der Waals surface area contributed by atoms with E-state index in [1.165, 1.54) is 17.5 Å². The van der Waals surface area contributed by atoms with Crippen molar-refractivity contribution in [2.45, 2.75) is 63.0 Å². The summed E-state index contributed by atoms with van der Waals surface area (Å²) in [5, 5.41) is 0.0353. The van der Waals surface area contributed by atoms with Crippen LogP contribution in [-0.2, 0) is 26.6 Å². The van der Waals surface area contributed by atoms with Gasteiger partial charge in [-0.15, -0.1) is 0 Å². The molecule has 2 aliphatic carbocycles. The summed E-state index contributed by atoms with van der Waals surface area (Å²) in [6, 6.07) is 11.7. The number of carbonyl (C=O) groups is 1. The number of morpholine rings is 1. The Balaban J connectivity index is 1.28. The Morgan fingerprint density at radius 2 is 1.91 bits per heavy atom. The molecule has 47 heavy (non-hydrogen) atoms. The molecule has 10 heteroatoms. The summed E-state index contributed by atoms with van der Waals surface area (Å²) in [7, 11) is -3.89. The number of nitrogens with one attached hydrogen (secondary N) is 1. The van der Waals surface area contributed by atoms with Crippen LogP contribution in [0.25, 0.3) is 0 Å². The Labute approximate surface area is 284 Å². The highest BCUT2D eigenvalue weighted by atomic mass is 35.5. The van der Waals surface area contributed by atoms with Crippen LogP contribution in [0.4, 0.5) is 5.69 Å². The van der Waals surface area contributed by atoms with Gasteiger partial charge in [0.1, 0.15) is 5.75 Å². The number of nitrogens with zero attached hydrogens (tertiary/aromatic N) is 2. The highest BCUT2D eigenvalue weighted by molar-refractivity contribution is 7.90. The van der Waals surface area contributed by atoms with Crippen LogP contribution in [0.1, 0.15) is 67.4 Å². The number of anilines is 1. The SMILES string of the molecule is C[C@@H]1[C@@H](C)C/C=C/[C@H](CN2CCOCC2)[C@@H]2CC[C@H]2CN2C[C@@]3(CCCc4cc(Cl)ccc43)COc3ccc(cc32)C(=O)NS1(=O)=O. The largest absolute Gasteiger partial charge is 0.490 e. The normalized spacial score (nSPS) is 33.4. The molecule has 1 amide bonds. The number of amides is 1. The van der Waals surface area contributed by atoms with E-state index >= 15 is 0 Å². The number of allylic oxidation sites excluding steroid dienone is 1. The van der Waals surface area contributed by atoms with E-state index in [0.717, 1.165) is 88.1 Å². The molecule has 0 unspecified atom stereocenters. The van der Waals surface area contributed by atoms with Crippen LogP contribution in [0.5, 0.6) is 5.75 Å². The summed E-state index contributed by atoms with van der Waals surface area (Å²) in [5.74, 6) is 1.38. The summed E-state index contributed by atoms with van der Waals surface area (Å²) in [5.41, 5.74) is 3.57. The number of hydrogen-bond acceptors (Lipinski definition) is 7. The lowest BCUT2D eigenvalue weighted by Gasteiger charge is -2.47. The van der Waals surface area contributed by atoms with Gasteiger partial charge in [0.05, 0.1) is 30.8 Å². The molecule has 254 valence electrons. The molecule has 0 radical (unpaired) electrons. The molecule has 2 aromatic rings. The Morgan fingerprint density at radius 3 is 2.70 bits per heavy atom. The van der Waals surface area contributed by atoms with Gasteiger partial charge in [0.15, 0.2) is 0 Å². The van der Waals surface area contributed by atoms with Crippen LogP contribution < -0.4 is 14.4 Å². The van der Waals surface area contributed by atoms with Crippen molar-refractivity contribution >= 4 is 33.2 Å². The predicted octanol–water partition coefficient (Wildman–Crippen LogP) is 5.83. The van der Waals surface area contributed by atoms with E-state index < -0.39 is 21.2 Å².